The van der Waals surface area contributed by atoms with Crippen molar-refractivity contribution in [3.05, 3.63) is 58.4 Å². The van der Waals surface area contributed by atoms with Crippen molar-refractivity contribution in [3.63, 3.8) is 0 Å². The van der Waals surface area contributed by atoms with E-state index < -0.39 is 56.0 Å². The molecule has 0 aliphatic heterocycles. The quantitative estimate of drug-likeness (QED) is 0.385. The highest BCUT2D eigenvalue weighted by atomic mass is 35.5. The molecule has 2 unspecified atom stereocenters. The number of nitrogens with one attached hydrogen (secondary N) is 2. The second kappa shape index (κ2) is 9.90. The van der Waals surface area contributed by atoms with Crippen LogP contribution in [0.5, 0.6) is 0 Å². The van der Waals surface area contributed by atoms with Crippen molar-refractivity contribution in [2.24, 2.45) is 17.6 Å². The molecule has 8 nitrogen and oxygen atoms in total. The van der Waals surface area contributed by atoms with Crippen molar-refractivity contribution < 1.29 is 36.3 Å². The highest BCUT2D eigenvalue weighted by molar-refractivity contribution is 7.92. The summed E-state index contributed by atoms with van der Waals surface area (Å²) in [5.41, 5.74) is 3.79. The second-order valence-electron chi connectivity index (χ2n) is 9.62. The van der Waals surface area contributed by atoms with Crippen LogP contribution in [0, 0.1) is 29.3 Å². The van der Waals surface area contributed by atoms with Crippen LogP contribution >= 0.6 is 11.6 Å². The Labute approximate surface area is 216 Å². The number of hydrogen-bond acceptors (Lipinski definition) is 6. The van der Waals surface area contributed by atoms with E-state index in [4.69, 9.17) is 17.3 Å². The van der Waals surface area contributed by atoms with E-state index in [0.29, 0.717) is 18.6 Å². The van der Waals surface area contributed by atoms with E-state index in [1.165, 1.54) is 19.1 Å². The summed E-state index contributed by atoms with van der Waals surface area (Å²) in [5, 5.41) is 14.8. The van der Waals surface area contributed by atoms with Gasteiger partial charge >= 0.3 is 0 Å². The molecule has 0 aromatic heterocycles. The number of carbonyl (C=O) groups is 2. The van der Waals surface area contributed by atoms with Crippen LogP contribution in [0.2, 0.25) is 5.02 Å². The average Bonchev–Trinajstić information content (AvgIpc) is 2.85. The summed E-state index contributed by atoms with van der Waals surface area (Å²) < 4.78 is 67.1. The Morgan fingerprint density at radius 3 is 2.30 bits per heavy atom. The largest absolute Gasteiger partial charge is 0.387 e. The molecular formula is C24H25ClF3N3O5S. The maximum absolute atomic E-state index is 13.5. The van der Waals surface area contributed by atoms with E-state index in [2.05, 4.69) is 10.6 Å². The van der Waals surface area contributed by atoms with Crippen LogP contribution in [-0.4, -0.2) is 48.8 Å². The lowest BCUT2D eigenvalue weighted by Gasteiger charge is -2.58. The predicted molar refractivity (Wildman–Crippen MR) is 129 cm³/mol. The Hall–Kier alpha value is -2.67. The van der Waals surface area contributed by atoms with E-state index in [0.717, 1.165) is 6.07 Å². The summed E-state index contributed by atoms with van der Waals surface area (Å²) in [6.07, 6.45) is 0.867. The zero-order valence-corrected chi connectivity index (χ0v) is 21.2. The molecule has 3 fully saturated rings. The molecule has 0 radical (unpaired) electrons. The van der Waals surface area contributed by atoms with Gasteiger partial charge in [-0.2, -0.15) is 0 Å². The molecule has 5 rings (SSSR count). The molecule has 0 spiro atoms. The summed E-state index contributed by atoms with van der Waals surface area (Å²) in [4.78, 5) is 24.2. The van der Waals surface area contributed by atoms with Gasteiger partial charge in [0.2, 0.25) is 5.91 Å². The third kappa shape index (κ3) is 5.07. The van der Waals surface area contributed by atoms with Gasteiger partial charge in [0.1, 0.15) is 0 Å². The van der Waals surface area contributed by atoms with Crippen molar-refractivity contribution in [1.82, 2.24) is 5.32 Å². The first-order valence-corrected chi connectivity index (χ1v) is 13.4. The van der Waals surface area contributed by atoms with Crippen molar-refractivity contribution >= 4 is 38.9 Å². The SMILES string of the molecule is C[C@H](N)C(=O)NC[C@]1(O)C2CC1C[C@@H](S(=O)(=O)c1cc(C(=O)Nc3cc(F)c(F)c(F)c3)ccc1Cl)C2. The van der Waals surface area contributed by atoms with Gasteiger partial charge in [0.15, 0.2) is 27.3 Å². The Morgan fingerprint density at radius 2 is 1.73 bits per heavy atom. The Bertz CT molecular complexity index is 1340. The molecule has 13 heteroatoms. The predicted octanol–water partition coefficient (Wildman–Crippen LogP) is 2.78. The number of sulfone groups is 1. The Morgan fingerprint density at radius 1 is 1.14 bits per heavy atom. The van der Waals surface area contributed by atoms with Crippen LogP contribution in [-0.2, 0) is 14.6 Å². The van der Waals surface area contributed by atoms with Crippen molar-refractivity contribution in [1.29, 1.82) is 0 Å². The Balaban J connectivity index is 1.51. The summed E-state index contributed by atoms with van der Waals surface area (Å²) in [6, 6.07) is 3.97. The molecule has 3 aliphatic carbocycles. The number of aliphatic hydroxyl groups is 1. The smallest absolute Gasteiger partial charge is 0.255 e. The fourth-order valence-corrected chi connectivity index (χ4v) is 7.46. The maximum atomic E-state index is 13.5. The lowest BCUT2D eigenvalue weighted by Crippen LogP contribution is -2.66. The zero-order chi connectivity index (χ0) is 27.3. The monoisotopic (exact) mass is 559 g/mol. The summed E-state index contributed by atoms with van der Waals surface area (Å²) in [5.74, 6) is -6.72. The van der Waals surface area contributed by atoms with Gasteiger partial charge in [0.25, 0.3) is 5.91 Å². The van der Waals surface area contributed by atoms with Gasteiger partial charge in [0, 0.05) is 29.9 Å². The first-order valence-electron chi connectivity index (χ1n) is 11.5. The minimum Gasteiger partial charge on any atom is -0.387 e. The van der Waals surface area contributed by atoms with Gasteiger partial charge in [-0.15, -0.1) is 0 Å². The lowest BCUT2D eigenvalue weighted by molar-refractivity contribution is -0.174. The van der Waals surface area contributed by atoms with Crippen LogP contribution in [0.1, 0.15) is 36.5 Å². The average molecular weight is 560 g/mol. The second-order valence-corrected chi connectivity index (χ2v) is 12.2. The van der Waals surface area contributed by atoms with Gasteiger partial charge < -0.3 is 21.5 Å². The van der Waals surface area contributed by atoms with Crippen LogP contribution in [0.15, 0.2) is 35.2 Å². The number of nitrogens with two attached hydrogens (primary N) is 1. The number of benzene rings is 2. The van der Waals surface area contributed by atoms with E-state index in [1.807, 2.05) is 0 Å². The Kier molecular flexibility index (Phi) is 7.32. The fourth-order valence-electron chi connectivity index (χ4n) is 5.06. The molecule has 3 aliphatic rings. The van der Waals surface area contributed by atoms with E-state index in [9.17, 15) is 36.3 Å². The van der Waals surface area contributed by atoms with E-state index in [1.54, 1.807) is 0 Å². The standard InChI is InChI=1S/C24H25ClF3N3O5S/c1-11(29)22(32)30-10-24(34)13-5-14(24)7-16(6-13)37(35,36)20-4-12(2-3-17(20)25)23(33)31-15-8-18(26)21(28)19(27)9-15/h2-4,8-9,11,13-14,16,34H,5-7,10,29H2,1H3,(H,30,32)(H,31,33)/t11-,13?,14?,16-,24-/m0/s1. The number of rotatable bonds is 7. The highest BCUT2D eigenvalue weighted by Gasteiger charge is 2.60. The number of hydrogen-bond donors (Lipinski definition) is 4. The molecule has 2 bridgehead atoms. The first-order chi connectivity index (χ1) is 17.2. The van der Waals surface area contributed by atoms with Gasteiger partial charge in [-0.1, -0.05) is 11.6 Å². The molecule has 200 valence electrons. The van der Waals surface area contributed by atoms with Crippen LogP contribution < -0.4 is 16.4 Å². The number of halogens is 4. The van der Waals surface area contributed by atoms with Crippen molar-refractivity contribution in [2.75, 3.05) is 11.9 Å². The van der Waals surface area contributed by atoms with E-state index >= 15 is 0 Å². The topological polar surface area (TPSA) is 139 Å². The first kappa shape index (κ1) is 27.4. The fraction of sp³-hybridized carbons (Fsp3) is 0.417. The van der Waals surface area contributed by atoms with Crippen molar-refractivity contribution in [2.45, 2.75) is 48.0 Å². The molecule has 5 N–H and O–H groups in total. The minimum atomic E-state index is -4.04. The number of amides is 2. The number of carbonyl (C=O) groups excluding carboxylic acids is 2. The lowest BCUT2D eigenvalue weighted by atomic mass is 9.53. The molecule has 0 saturated heterocycles. The third-order valence-electron chi connectivity index (χ3n) is 7.22. The molecule has 2 aromatic carbocycles. The normalized spacial score (nSPS) is 25.6. The molecular weight excluding hydrogens is 535 g/mol. The molecule has 2 amide bonds. The molecule has 3 atom stereocenters. The van der Waals surface area contributed by atoms with Crippen LogP contribution in [0.4, 0.5) is 18.9 Å². The summed E-state index contributed by atoms with van der Waals surface area (Å²) >= 11 is 6.18. The summed E-state index contributed by atoms with van der Waals surface area (Å²) in [6.45, 7) is 1.48. The molecule has 2 aromatic rings. The number of fused-ring (bicyclic) bond motifs is 2. The van der Waals surface area contributed by atoms with Gasteiger partial charge in [-0.3, -0.25) is 9.59 Å². The number of anilines is 1. The van der Waals surface area contributed by atoms with Crippen molar-refractivity contribution in [3.8, 4) is 0 Å². The van der Waals surface area contributed by atoms with Gasteiger partial charge in [-0.25, -0.2) is 21.6 Å². The van der Waals surface area contributed by atoms with Gasteiger partial charge in [-0.05, 0) is 56.2 Å². The third-order valence-corrected chi connectivity index (χ3v) is 9.87. The zero-order valence-electron chi connectivity index (χ0n) is 19.6. The maximum Gasteiger partial charge on any atom is 0.255 e. The van der Waals surface area contributed by atoms with Gasteiger partial charge in [0.05, 0.1) is 26.8 Å². The van der Waals surface area contributed by atoms with Crippen LogP contribution in [0.3, 0.4) is 0 Å². The molecule has 0 heterocycles. The summed E-state index contributed by atoms with van der Waals surface area (Å²) in [7, 11) is -4.04. The van der Waals surface area contributed by atoms with E-state index in [-0.39, 0.29) is 52.4 Å². The van der Waals surface area contributed by atoms with Crippen LogP contribution in [0.25, 0.3) is 0 Å². The molecule has 3 saturated carbocycles. The molecule has 37 heavy (non-hydrogen) atoms. The minimum absolute atomic E-state index is 0.0313. The highest BCUT2D eigenvalue weighted by Crippen LogP contribution is 2.55.